The fourth-order valence-corrected chi connectivity index (χ4v) is 3.84. The summed E-state index contributed by atoms with van der Waals surface area (Å²) in [7, 11) is 0. The monoisotopic (exact) mass is 393 g/mol. The first-order valence-electron chi connectivity index (χ1n) is 9.34. The molecule has 142 valence electrons. The normalized spacial score (nSPS) is 19.2. The fraction of sp³-hybridized carbons (Fsp3) is 0.476. The number of rotatable bonds is 6. The lowest BCUT2D eigenvalue weighted by molar-refractivity contribution is 0.321. The Hall–Kier alpha value is -1.45. The van der Waals surface area contributed by atoms with Crippen LogP contribution < -0.4 is 0 Å². The van der Waals surface area contributed by atoms with Gasteiger partial charge in [0, 0.05) is 35.1 Å². The van der Waals surface area contributed by atoms with Crippen LogP contribution >= 0.6 is 23.2 Å². The predicted octanol–water partition coefficient (Wildman–Crippen LogP) is 6.51. The van der Waals surface area contributed by atoms with E-state index >= 15 is 0 Å². The van der Waals surface area contributed by atoms with E-state index in [2.05, 4.69) is 50.3 Å². The Morgan fingerprint density at radius 2 is 2.04 bits per heavy atom. The second-order valence-corrected chi connectivity index (χ2v) is 7.26. The molecule has 0 N–H and O–H groups in total. The van der Waals surface area contributed by atoms with E-state index in [0.29, 0.717) is 11.1 Å². The Morgan fingerprint density at radius 1 is 1.35 bits per heavy atom. The number of nitrogens with zero attached hydrogens (tertiary/aromatic N) is 3. The number of amidine groups is 1. The van der Waals surface area contributed by atoms with Crippen molar-refractivity contribution in [3.05, 3.63) is 58.2 Å². The van der Waals surface area contributed by atoms with Crippen molar-refractivity contribution in [2.75, 3.05) is 6.54 Å². The van der Waals surface area contributed by atoms with Crippen LogP contribution in [0.15, 0.2) is 63.2 Å². The maximum absolute atomic E-state index is 6.21. The van der Waals surface area contributed by atoms with Gasteiger partial charge in [0.05, 0.1) is 11.4 Å². The van der Waals surface area contributed by atoms with Crippen molar-refractivity contribution in [1.82, 2.24) is 9.80 Å². The van der Waals surface area contributed by atoms with E-state index < -0.39 is 0 Å². The number of allylic oxidation sites excluding steroid dienone is 5. The van der Waals surface area contributed by atoms with Gasteiger partial charge in [-0.3, -0.25) is 0 Å². The van der Waals surface area contributed by atoms with Crippen molar-refractivity contribution >= 4 is 29.0 Å². The van der Waals surface area contributed by atoms with Gasteiger partial charge in [-0.05, 0) is 50.3 Å². The summed E-state index contributed by atoms with van der Waals surface area (Å²) >= 11 is 11.8. The molecule has 0 atom stereocenters. The van der Waals surface area contributed by atoms with Crippen LogP contribution in [0.4, 0.5) is 0 Å². The van der Waals surface area contributed by atoms with Crippen molar-refractivity contribution in [3.63, 3.8) is 0 Å². The molecule has 3 nitrogen and oxygen atoms in total. The molecule has 0 saturated carbocycles. The summed E-state index contributed by atoms with van der Waals surface area (Å²) in [6.07, 6.45) is 9.84. The molecule has 0 spiro atoms. The van der Waals surface area contributed by atoms with Crippen molar-refractivity contribution in [3.8, 4) is 0 Å². The van der Waals surface area contributed by atoms with E-state index in [-0.39, 0.29) is 0 Å². The maximum atomic E-state index is 6.21. The van der Waals surface area contributed by atoms with Crippen LogP contribution in [0.3, 0.4) is 0 Å². The van der Waals surface area contributed by atoms with Crippen LogP contribution in [-0.2, 0) is 0 Å². The van der Waals surface area contributed by atoms with Gasteiger partial charge in [0.2, 0.25) is 0 Å². The Balaban J connectivity index is 2.36. The van der Waals surface area contributed by atoms with Gasteiger partial charge >= 0.3 is 0 Å². The van der Waals surface area contributed by atoms with E-state index in [1.165, 1.54) is 16.8 Å². The summed E-state index contributed by atoms with van der Waals surface area (Å²) < 4.78 is 0. The smallest absolute Gasteiger partial charge is 0.156 e. The molecule has 0 unspecified atom stereocenters. The number of aliphatic imine (C=N–C) groups is 1. The summed E-state index contributed by atoms with van der Waals surface area (Å²) in [5.74, 6) is 0.959. The molecule has 0 aromatic carbocycles. The van der Waals surface area contributed by atoms with Gasteiger partial charge in [0.15, 0.2) is 5.84 Å². The molecule has 0 radical (unpaired) electrons. The molecule has 26 heavy (non-hydrogen) atoms. The molecule has 5 heteroatoms. The lowest BCUT2D eigenvalue weighted by Gasteiger charge is -2.37. The third-order valence-corrected chi connectivity index (χ3v) is 5.43. The van der Waals surface area contributed by atoms with E-state index in [0.717, 1.165) is 49.5 Å². The van der Waals surface area contributed by atoms with E-state index in [9.17, 15) is 0 Å². The van der Waals surface area contributed by atoms with Crippen molar-refractivity contribution in [2.45, 2.75) is 59.4 Å². The van der Waals surface area contributed by atoms with E-state index in [1.807, 2.05) is 6.08 Å². The largest absolute Gasteiger partial charge is 0.341 e. The van der Waals surface area contributed by atoms with E-state index in [1.54, 1.807) is 6.08 Å². The van der Waals surface area contributed by atoms with Crippen molar-refractivity contribution < 1.29 is 0 Å². The minimum absolute atomic E-state index is 0.448. The molecular formula is C21H29Cl2N3. The summed E-state index contributed by atoms with van der Waals surface area (Å²) in [5.41, 5.74) is 5.89. The van der Waals surface area contributed by atoms with Gasteiger partial charge in [0.1, 0.15) is 0 Å². The van der Waals surface area contributed by atoms with Gasteiger partial charge in [-0.1, -0.05) is 50.6 Å². The first kappa shape index (κ1) is 20.9. The zero-order valence-electron chi connectivity index (χ0n) is 16.2. The molecule has 2 aliphatic rings. The molecule has 2 heterocycles. The molecule has 0 bridgehead atoms. The van der Waals surface area contributed by atoms with Crippen molar-refractivity contribution in [2.24, 2.45) is 4.99 Å². The minimum Gasteiger partial charge on any atom is -0.341 e. The van der Waals surface area contributed by atoms with Crippen LogP contribution in [-0.4, -0.2) is 28.2 Å². The summed E-state index contributed by atoms with van der Waals surface area (Å²) in [6.45, 7) is 14.0. The zero-order chi connectivity index (χ0) is 19.3. The average molecular weight is 394 g/mol. The summed E-state index contributed by atoms with van der Waals surface area (Å²) in [4.78, 5) is 9.48. The molecular weight excluding hydrogens is 365 g/mol. The Labute approximate surface area is 168 Å². The van der Waals surface area contributed by atoms with Crippen LogP contribution in [0.5, 0.6) is 0 Å². The van der Waals surface area contributed by atoms with Crippen LogP contribution in [0, 0.1) is 0 Å². The average Bonchev–Trinajstić information content (AvgIpc) is 2.98. The standard InChI is InChI=1S/C21H29Cl2N3/c1-6-19-14-26(20(7-2)8-3)16(5)21(24-19)25-12-10-17(15(25)4)13-18(23)9-11-22/h9,11,13-14,20H,5-8,10,12H2,1-4H3/b11-9+,18-13+. The van der Waals surface area contributed by atoms with E-state index in [4.69, 9.17) is 28.2 Å². The lowest BCUT2D eigenvalue weighted by atomic mass is 10.1. The second-order valence-electron chi connectivity index (χ2n) is 6.57. The van der Waals surface area contributed by atoms with Crippen molar-refractivity contribution in [1.29, 1.82) is 0 Å². The minimum atomic E-state index is 0.448. The molecule has 0 saturated heterocycles. The number of halogens is 2. The highest BCUT2D eigenvalue weighted by Crippen LogP contribution is 2.32. The first-order valence-corrected chi connectivity index (χ1v) is 10.2. The Bertz CT molecular complexity index is 694. The second kappa shape index (κ2) is 9.48. The van der Waals surface area contributed by atoms with Gasteiger partial charge in [-0.15, -0.1) is 0 Å². The third kappa shape index (κ3) is 4.44. The summed E-state index contributed by atoms with van der Waals surface area (Å²) in [6, 6.07) is 0.448. The number of hydrogen-bond donors (Lipinski definition) is 0. The zero-order valence-corrected chi connectivity index (χ0v) is 17.7. The Morgan fingerprint density at radius 3 is 2.62 bits per heavy atom. The molecule has 0 amide bonds. The molecule has 0 fully saturated rings. The molecule has 0 aromatic rings. The third-order valence-electron chi connectivity index (χ3n) is 5.07. The number of hydrogen-bond acceptors (Lipinski definition) is 3. The van der Waals surface area contributed by atoms with Crippen LogP contribution in [0.25, 0.3) is 0 Å². The van der Waals surface area contributed by atoms with Crippen LogP contribution in [0.1, 0.15) is 53.4 Å². The Kier molecular flexibility index (Phi) is 7.60. The molecule has 0 aliphatic carbocycles. The quantitative estimate of drug-likeness (QED) is 0.478. The predicted molar refractivity (Wildman–Crippen MR) is 114 cm³/mol. The fourth-order valence-electron chi connectivity index (χ4n) is 3.45. The summed E-state index contributed by atoms with van der Waals surface area (Å²) in [5, 5.41) is 0.633. The van der Waals surface area contributed by atoms with Gasteiger partial charge in [-0.25, -0.2) is 4.99 Å². The van der Waals surface area contributed by atoms with Crippen LogP contribution in [0.2, 0.25) is 0 Å². The van der Waals surface area contributed by atoms with Gasteiger partial charge < -0.3 is 9.80 Å². The first-order chi connectivity index (χ1) is 12.5. The molecule has 0 aromatic heterocycles. The van der Waals surface area contributed by atoms with Gasteiger partial charge in [-0.2, -0.15) is 0 Å². The maximum Gasteiger partial charge on any atom is 0.156 e. The SMILES string of the molecule is C=C1C(N2CCC(/C=C(Cl)\C=C\Cl)=C2C)=NC(CC)=CN1C(CC)CC. The highest BCUT2D eigenvalue weighted by molar-refractivity contribution is 6.33. The topological polar surface area (TPSA) is 18.8 Å². The molecule has 2 rings (SSSR count). The van der Waals surface area contributed by atoms with Gasteiger partial charge in [0.25, 0.3) is 0 Å². The highest BCUT2D eigenvalue weighted by Gasteiger charge is 2.30. The molecule has 2 aliphatic heterocycles. The highest BCUT2D eigenvalue weighted by atomic mass is 35.5. The lowest BCUT2D eigenvalue weighted by Crippen LogP contribution is -2.40.